The molecular formula is C17H34N2. The molecule has 0 aromatic carbocycles. The second-order valence-electron chi connectivity index (χ2n) is 7.19. The summed E-state index contributed by atoms with van der Waals surface area (Å²) in [5, 5.41) is 3.58. The van der Waals surface area contributed by atoms with Crippen molar-refractivity contribution >= 4 is 0 Å². The quantitative estimate of drug-likeness (QED) is 0.687. The third kappa shape index (κ3) is 4.75. The first kappa shape index (κ1) is 15.3. The van der Waals surface area contributed by atoms with E-state index in [2.05, 4.69) is 31.1 Å². The van der Waals surface area contributed by atoms with Crippen molar-refractivity contribution in [2.75, 3.05) is 26.7 Å². The largest absolute Gasteiger partial charge is 0.314 e. The SMILES string of the molecule is CCCNC(C)CCCN(C)CC1CC2CCC1C2. The van der Waals surface area contributed by atoms with Crippen molar-refractivity contribution in [1.29, 1.82) is 0 Å². The second-order valence-corrected chi connectivity index (χ2v) is 7.19. The van der Waals surface area contributed by atoms with Crippen molar-refractivity contribution < 1.29 is 0 Å². The lowest BCUT2D eigenvalue weighted by molar-refractivity contribution is 0.215. The van der Waals surface area contributed by atoms with Crippen LogP contribution in [0.4, 0.5) is 0 Å². The van der Waals surface area contributed by atoms with Gasteiger partial charge in [0.15, 0.2) is 0 Å². The van der Waals surface area contributed by atoms with Gasteiger partial charge in [0.25, 0.3) is 0 Å². The van der Waals surface area contributed by atoms with Crippen molar-refractivity contribution in [2.24, 2.45) is 17.8 Å². The minimum atomic E-state index is 0.691. The Morgan fingerprint density at radius 1 is 1.26 bits per heavy atom. The van der Waals surface area contributed by atoms with Gasteiger partial charge in [0.2, 0.25) is 0 Å². The van der Waals surface area contributed by atoms with Gasteiger partial charge >= 0.3 is 0 Å². The highest BCUT2D eigenvalue weighted by Crippen LogP contribution is 2.48. The first-order valence-electron chi connectivity index (χ1n) is 8.61. The van der Waals surface area contributed by atoms with E-state index < -0.39 is 0 Å². The van der Waals surface area contributed by atoms with Crippen molar-refractivity contribution in [1.82, 2.24) is 10.2 Å². The molecule has 0 heterocycles. The molecule has 0 saturated heterocycles. The Kier molecular flexibility index (Phi) is 6.15. The molecule has 112 valence electrons. The van der Waals surface area contributed by atoms with Crippen LogP contribution in [0.3, 0.4) is 0 Å². The highest BCUT2D eigenvalue weighted by Gasteiger charge is 2.39. The third-order valence-corrected chi connectivity index (χ3v) is 5.35. The van der Waals surface area contributed by atoms with Gasteiger partial charge in [-0.2, -0.15) is 0 Å². The van der Waals surface area contributed by atoms with Gasteiger partial charge in [0.1, 0.15) is 0 Å². The summed E-state index contributed by atoms with van der Waals surface area (Å²) in [7, 11) is 2.33. The molecule has 2 heteroatoms. The van der Waals surface area contributed by atoms with E-state index >= 15 is 0 Å². The Morgan fingerprint density at radius 2 is 2.11 bits per heavy atom. The van der Waals surface area contributed by atoms with Crippen LogP contribution in [0.15, 0.2) is 0 Å². The fourth-order valence-corrected chi connectivity index (χ4v) is 4.25. The zero-order chi connectivity index (χ0) is 13.7. The minimum absolute atomic E-state index is 0.691. The number of fused-ring (bicyclic) bond motifs is 2. The van der Waals surface area contributed by atoms with Gasteiger partial charge in [-0.1, -0.05) is 13.3 Å². The third-order valence-electron chi connectivity index (χ3n) is 5.35. The van der Waals surface area contributed by atoms with Crippen molar-refractivity contribution in [3.8, 4) is 0 Å². The van der Waals surface area contributed by atoms with E-state index in [4.69, 9.17) is 0 Å². The molecule has 2 rings (SSSR count). The zero-order valence-corrected chi connectivity index (χ0v) is 13.3. The predicted molar refractivity (Wildman–Crippen MR) is 83.4 cm³/mol. The van der Waals surface area contributed by atoms with Gasteiger partial charge in [-0.15, -0.1) is 0 Å². The molecule has 0 aromatic rings. The topological polar surface area (TPSA) is 15.3 Å². The normalized spacial score (nSPS) is 31.3. The first-order valence-corrected chi connectivity index (χ1v) is 8.61. The number of nitrogens with zero attached hydrogens (tertiary/aromatic N) is 1. The van der Waals surface area contributed by atoms with Gasteiger partial charge < -0.3 is 10.2 Å². The molecule has 0 radical (unpaired) electrons. The molecule has 0 aliphatic heterocycles. The zero-order valence-electron chi connectivity index (χ0n) is 13.3. The van der Waals surface area contributed by atoms with Crippen LogP contribution in [0.25, 0.3) is 0 Å². The highest BCUT2D eigenvalue weighted by atomic mass is 15.1. The molecule has 4 unspecified atom stereocenters. The van der Waals surface area contributed by atoms with Crippen LogP contribution in [0, 0.1) is 17.8 Å². The fourth-order valence-electron chi connectivity index (χ4n) is 4.25. The van der Waals surface area contributed by atoms with Crippen LogP contribution in [-0.2, 0) is 0 Å². The molecule has 2 nitrogen and oxygen atoms in total. The summed E-state index contributed by atoms with van der Waals surface area (Å²) in [5.74, 6) is 3.21. The smallest absolute Gasteiger partial charge is 0.00391 e. The van der Waals surface area contributed by atoms with Crippen molar-refractivity contribution in [3.63, 3.8) is 0 Å². The Balaban J connectivity index is 1.53. The molecule has 2 fully saturated rings. The molecule has 19 heavy (non-hydrogen) atoms. The van der Waals surface area contributed by atoms with Crippen molar-refractivity contribution in [2.45, 2.75) is 64.8 Å². The number of nitrogens with one attached hydrogen (secondary N) is 1. The molecule has 0 amide bonds. The summed E-state index contributed by atoms with van der Waals surface area (Å²) < 4.78 is 0. The summed E-state index contributed by atoms with van der Waals surface area (Å²) in [4.78, 5) is 2.60. The van der Waals surface area contributed by atoms with E-state index in [9.17, 15) is 0 Å². The van der Waals surface area contributed by atoms with Crippen LogP contribution >= 0.6 is 0 Å². The van der Waals surface area contributed by atoms with Gasteiger partial charge in [0, 0.05) is 12.6 Å². The van der Waals surface area contributed by atoms with Crippen LogP contribution in [0.5, 0.6) is 0 Å². The van der Waals surface area contributed by atoms with E-state index in [-0.39, 0.29) is 0 Å². The van der Waals surface area contributed by atoms with Crippen LogP contribution in [-0.4, -0.2) is 37.6 Å². The fraction of sp³-hybridized carbons (Fsp3) is 1.00. The standard InChI is InChI=1S/C17H34N2/c1-4-9-18-14(2)6-5-10-19(3)13-17-12-15-7-8-16(17)11-15/h14-18H,4-13H2,1-3H3. The molecule has 2 saturated carbocycles. The minimum Gasteiger partial charge on any atom is -0.314 e. The van der Waals surface area contributed by atoms with E-state index in [1.165, 1.54) is 58.2 Å². The molecule has 0 spiro atoms. The van der Waals surface area contributed by atoms with Gasteiger partial charge in [-0.3, -0.25) is 0 Å². The van der Waals surface area contributed by atoms with Gasteiger partial charge in [-0.25, -0.2) is 0 Å². The summed E-state index contributed by atoms with van der Waals surface area (Å²) in [6.45, 7) is 8.38. The maximum absolute atomic E-state index is 3.58. The number of hydrogen-bond donors (Lipinski definition) is 1. The van der Waals surface area contributed by atoms with E-state index in [0.717, 1.165) is 17.8 Å². The Bertz CT molecular complexity index is 254. The summed E-state index contributed by atoms with van der Waals surface area (Å²) in [6, 6.07) is 0.691. The van der Waals surface area contributed by atoms with Crippen molar-refractivity contribution in [3.05, 3.63) is 0 Å². The molecule has 2 aliphatic carbocycles. The van der Waals surface area contributed by atoms with E-state index in [1.54, 1.807) is 6.42 Å². The first-order chi connectivity index (χ1) is 9.19. The molecular weight excluding hydrogens is 232 g/mol. The highest BCUT2D eigenvalue weighted by molar-refractivity contribution is 4.90. The Morgan fingerprint density at radius 3 is 2.74 bits per heavy atom. The maximum atomic E-state index is 3.58. The van der Waals surface area contributed by atoms with Gasteiger partial charge in [0.05, 0.1) is 0 Å². The lowest BCUT2D eigenvalue weighted by Crippen LogP contribution is -2.31. The van der Waals surface area contributed by atoms with Crippen LogP contribution in [0.1, 0.15) is 58.8 Å². The average molecular weight is 266 g/mol. The van der Waals surface area contributed by atoms with E-state index in [0.29, 0.717) is 6.04 Å². The number of hydrogen-bond acceptors (Lipinski definition) is 2. The summed E-state index contributed by atoms with van der Waals surface area (Å²) in [6.07, 6.45) is 10.1. The second kappa shape index (κ2) is 7.64. The molecule has 1 N–H and O–H groups in total. The lowest BCUT2D eigenvalue weighted by atomic mass is 9.88. The Hall–Kier alpha value is -0.0800. The molecule has 0 aromatic heterocycles. The predicted octanol–water partition coefficient (Wildman–Crippen LogP) is 3.52. The van der Waals surface area contributed by atoms with E-state index in [1.807, 2.05) is 0 Å². The molecule has 2 bridgehead atoms. The maximum Gasteiger partial charge on any atom is 0.00391 e. The summed E-state index contributed by atoms with van der Waals surface area (Å²) in [5.41, 5.74) is 0. The summed E-state index contributed by atoms with van der Waals surface area (Å²) >= 11 is 0. The Labute approximate surface area is 120 Å². The molecule has 4 atom stereocenters. The average Bonchev–Trinajstić information content (AvgIpc) is 2.98. The van der Waals surface area contributed by atoms with Crippen LogP contribution in [0.2, 0.25) is 0 Å². The lowest BCUT2D eigenvalue weighted by Gasteiger charge is -2.27. The van der Waals surface area contributed by atoms with Crippen LogP contribution < -0.4 is 5.32 Å². The van der Waals surface area contributed by atoms with Gasteiger partial charge in [-0.05, 0) is 83.3 Å². The molecule has 2 aliphatic rings. The number of rotatable bonds is 9. The monoisotopic (exact) mass is 266 g/mol.